The number of hydrogen-bond acceptors (Lipinski definition) is 2. The Kier molecular flexibility index (Phi) is 3.60. The lowest BCUT2D eigenvalue weighted by molar-refractivity contribution is 0.101. The molecule has 2 nitrogen and oxygen atoms in total. The van der Waals surface area contributed by atoms with Crippen molar-refractivity contribution >= 4 is 11.6 Å². The predicted octanol–water partition coefficient (Wildman–Crippen LogP) is 4.53. The van der Waals surface area contributed by atoms with Crippen molar-refractivity contribution in [3.05, 3.63) is 82.9 Å². The van der Waals surface area contributed by atoms with Gasteiger partial charge in [0.15, 0.2) is 11.6 Å². The number of Topliss-reactive ketones (excluding diaryl/α,β-unsaturated/α-hetero) is 1. The van der Waals surface area contributed by atoms with Crippen LogP contribution in [-0.2, 0) is 0 Å². The molecule has 22 heavy (non-hydrogen) atoms. The lowest BCUT2D eigenvalue weighted by Gasteiger charge is -2.03. The van der Waals surface area contributed by atoms with Gasteiger partial charge in [-0.15, -0.1) is 0 Å². The highest BCUT2D eigenvalue weighted by atomic mass is 16.1. The highest BCUT2D eigenvalue weighted by molar-refractivity contribution is 6.19. The Morgan fingerprint density at radius 1 is 0.727 bits per heavy atom. The van der Waals surface area contributed by atoms with E-state index in [1.165, 1.54) is 0 Å². The fourth-order valence-corrected chi connectivity index (χ4v) is 2.99. The molecule has 0 unspecified atom stereocenters. The Morgan fingerprint density at radius 2 is 1.23 bits per heavy atom. The minimum absolute atomic E-state index is 0.0131. The topological polar surface area (TPSA) is 34.1 Å². The maximum Gasteiger partial charge on any atom is 0.193 e. The summed E-state index contributed by atoms with van der Waals surface area (Å²) >= 11 is 0. The smallest absolute Gasteiger partial charge is 0.193 e. The van der Waals surface area contributed by atoms with Gasteiger partial charge in [0.05, 0.1) is 0 Å². The third-order valence-electron chi connectivity index (χ3n) is 3.94. The molecule has 0 saturated carbocycles. The first kappa shape index (κ1) is 14.2. The van der Waals surface area contributed by atoms with E-state index in [9.17, 15) is 9.59 Å². The molecule has 0 aromatic heterocycles. The van der Waals surface area contributed by atoms with Gasteiger partial charge in [-0.05, 0) is 30.5 Å². The van der Waals surface area contributed by atoms with Crippen molar-refractivity contribution in [1.82, 2.24) is 0 Å². The summed E-state index contributed by atoms with van der Waals surface area (Å²) < 4.78 is 0. The molecule has 1 aromatic rings. The van der Waals surface area contributed by atoms with Gasteiger partial charge in [-0.1, -0.05) is 60.7 Å². The van der Waals surface area contributed by atoms with E-state index in [1.807, 2.05) is 55.5 Å². The summed E-state index contributed by atoms with van der Waals surface area (Å²) in [6, 6.07) is 18.7. The molecule has 0 bridgehead atoms. The van der Waals surface area contributed by atoms with E-state index in [0.29, 0.717) is 16.7 Å². The molecule has 0 radical (unpaired) electrons. The molecule has 3 rings (SSSR count). The normalized spacial score (nSPS) is 10.6. The Hall–Kier alpha value is -2.74. The number of benzene rings is 1. The third kappa shape index (κ3) is 2.23. The second kappa shape index (κ2) is 5.57. The van der Waals surface area contributed by atoms with E-state index in [0.717, 1.165) is 16.7 Å². The van der Waals surface area contributed by atoms with Crippen molar-refractivity contribution in [3.8, 4) is 11.1 Å². The zero-order chi connectivity index (χ0) is 15.7. The van der Waals surface area contributed by atoms with Crippen LogP contribution in [0, 0.1) is 6.92 Å². The van der Waals surface area contributed by atoms with Crippen molar-refractivity contribution in [1.29, 1.82) is 0 Å². The molecule has 0 spiro atoms. The van der Waals surface area contributed by atoms with Crippen molar-refractivity contribution in [2.45, 2.75) is 13.8 Å². The van der Waals surface area contributed by atoms with Gasteiger partial charge < -0.3 is 0 Å². The van der Waals surface area contributed by atoms with Gasteiger partial charge in [0, 0.05) is 16.7 Å². The summed E-state index contributed by atoms with van der Waals surface area (Å²) in [5, 5.41) is 0. The minimum Gasteiger partial charge on any atom is -0.294 e. The fraction of sp³-hybridized carbons (Fsp3) is 0.100. The largest absolute Gasteiger partial charge is 0.294 e. The van der Waals surface area contributed by atoms with Crippen LogP contribution < -0.4 is 0 Å². The molecule has 2 aliphatic rings. The molecular formula is C20H16O2. The van der Waals surface area contributed by atoms with Crippen LogP contribution in [0.15, 0.2) is 60.7 Å². The summed E-state index contributed by atoms with van der Waals surface area (Å²) in [5.74, 6) is -0.0531. The van der Waals surface area contributed by atoms with Crippen LogP contribution in [0.4, 0.5) is 0 Å². The first-order valence-electron chi connectivity index (χ1n) is 7.23. The number of ketones is 2. The van der Waals surface area contributed by atoms with E-state index < -0.39 is 0 Å². The van der Waals surface area contributed by atoms with E-state index in [4.69, 9.17) is 0 Å². The zero-order valence-electron chi connectivity index (χ0n) is 12.6. The van der Waals surface area contributed by atoms with Gasteiger partial charge in [-0.25, -0.2) is 0 Å². The first-order chi connectivity index (χ1) is 10.6. The second-order valence-corrected chi connectivity index (χ2v) is 5.36. The molecule has 0 aliphatic heterocycles. The van der Waals surface area contributed by atoms with Crippen LogP contribution in [0.2, 0.25) is 0 Å². The summed E-state index contributed by atoms with van der Waals surface area (Å²) in [5.41, 5.74) is 4.35. The maximum absolute atomic E-state index is 12.9. The fourth-order valence-electron chi connectivity index (χ4n) is 2.99. The van der Waals surface area contributed by atoms with Crippen LogP contribution >= 0.6 is 0 Å². The number of fused-ring (bicyclic) bond motifs is 1. The Balaban J connectivity index is 2.30. The highest BCUT2D eigenvalue weighted by Gasteiger charge is 2.26. The van der Waals surface area contributed by atoms with Crippen LogP contribution in [0.5, 0.6) is 0 Å². The Labute approximate surface area is 129 Å². The summed E-state index contributed by atoms with van der Waals surface area (Å²) in [4.78, 5) is 25.0. The van der Waals surface area contributed by atoms with Gasteiger partial charge in [-0.2, -0.15) is 0 Å². The molecule has 0 saturated heterocycles. The molecule has 0 heterocycles. The van der Waals surface area contributed by atoms with Gasteiger partial charge in [0.25, 0.3) is 0 Å². The van der Waals surface area contributed by atoms with Crippen molar-refractivity contribution in [2.75, 3.05) is 0 Å². The minimum atomic E-state index is -0.0400. The molecule has 0 amide bonds. The highest BCUT2D eigenvalue weighted by Crippen LogP contribution is 2.37. The van der Waals surface area contributed by atoms with E-state index >= 15 is 0 Å². The SMILES string of the molecule is CC(=O)c1c2cccccc-2c(C(=O)c2ccccc2)c1C. The average Bonchev–Trinajstić information content (AvgIpc) is 2.65. The van der Waals surface area contributed by atoms with Gasteiger partial charge in [-0.3, -0.25) is 9.59 Å². The predicted molar refractivity (Wildman–Crippen MR) is 87.7 cm³/mol. The van der Waals surface area contributed by atoms with Crippen LogP contribution in [-0.4, -0.2) is 11.6 Å². The summed E-state index contributed by atoms with van der Waals surface area (Å²) in [6.45, 7) is 3.40. The van der Waals surface area contributed by atoms with Gasteiger partial charge in [0.2, 0.25) is 0 Å². The van der Waals surface area contributed by atoms with Crippen LogP contribution in [0.1, 0.15) is 38.8 Å². The molecule has 1 aromatic carbocycles. The molecule has 0 N–H and O–H groups in total. The zero-order valence-corrected chi connectivity index (χ0v) is 12.6. The van der Waals surface area contributed by atoms with Crippen molar-refractivity contribution in [2.24, 2.45) is 0 Å². The summed E-state index contributed by atoms with van der Waals surface area (Å²) in [7, 11) is 0. The van der Waals surface area contributed by atoms with Crippen molar-refractivity contribution < 1.29 is 9.59 Å². The van der Waals surface area contributed by atoms with Crippen LogP contribution in [0.25, 0.3) is 11.1 Å². The first-order valence-corrected chi connectivity index (χ1v) is 7.23. The number of carbonyl (C=O) groups excluding carboxylic acids is 2. The standard InChI is InChI=1S/C20H16O2/c1-13-18(14(2)21)16-11-7-4-8-12-17(16)19(13)20(22)15-9-5-3-6-10-15/h3-12H,1-2H3. The molecule has 108 valence electrons. The molecule has 0 fully saturated rings. The van der Waals surface area contributed by atoms with E-state index in [2.05, 4.69) is 0 Å². The number of carbonyl (C=O) groups is 2. The number of hydrogen-bond donors (Lipinski definition) is 0. The second-order valence-electron chi connectivity index (χ2n) is 5.36. The molecular weight excluding hydrogens is 272 g/mol. The average molecular weight is 288 g/mol. The number of rotatable bonds is 3. The Bertz CT molecular complexity index is 832. The molecule has 2 aliphatic carbocycles. The van der Waals surface area contributed by atoms with E-state index in [1.54, 1.807) is 19.1 Å². The monoisotopic (exact) mass is 288 g/mol. The lowest BCUT2D eigenvalue weighted by atomic mass is 9.99. The lowest BCUT2D eigenvalue weighted by Crippen LogP contribution is -2.03. The Morgan fingerprint density at radius 3 is 1.77 bits per heavy atom. The van der Waals surface area contributed by atoms with Gasteiger partial charge >= 0.3 is 0 Å². The third-order valence-corrected chi connectivity index (χ3v) is 3.94. The van der Waals surface area contributed by atoms with Gasteiger partial charge in [0.1, 0.15) is 0 Å². The molecule has 0 atom stereocenters. The van der Waals surface area contributed by atoms with E-state index in [-0.39, 0.29) is 11.6 Å². The van der Waals surface area contributed by atoms with Crippen molar-refractivity contribution in [3.63, 3.8) is 0 Å². The maximum atomic E-state index is 12.9. The quantitative estimate of drug-likeness (QED) is 0.663. The summed E-state index contributed by atoms with van der Waals surface area (Å²) in [6.07, 6.45) is 0. The van der Waals surface area contributed by atoms with Crippen LogP contribution in [0.3, 0.4) is 0 Å². The molecule has 2 heteroatoms.